The summed E-state index contributed by atoms with van der Waals surface area (Å²) >= 11 is 0. The predicted octanol–water partition coefficient (Wildman–Crippen LogP) is 4.45. The molecule has 0 bridgehead atoms. The summed E-state index contributed by atoms with van der Waals surface area (Å²) < 4.78 is 53.8. The molecule has 10 heteroatoms. The summed E-state index contributed by atoms with van der Waals surface area (Å²) in [6.07, 6.45) is 1.07. The molecule has 3 aromatic carbocycles. The standard InChI is InChI=1S/C30H35F2N3O4S/c1-21(2)18-33-30(37)28(16-23-11-6-5-7-12-23)34(19-24-13-9-8-10-22(24)3)29(36)20-35(40(4,38)39)25-14-15-26(31)27(32)17-25/h5-15,17,21,28H,16,18-20H2,1-4H3,(H,33,37)/t28-/m1/s1. The van der Waals surface area contributed by atoms with E-state index in [2.05, 4.69) is 5.32 Å². The number of carbonyl (C=O) groups excluding carboxylic acids is 2. The number of hydrogen-bond acceptors (Lipinski definition) is 4. The number of nitrogens with one attached hydrogen (secondary N) is 1. The Hall–Kier alpha value is -3.79. The van der Waals surface area contributed by atoms with Gasteiger partial charge in [0.1, 0.15) is 12.6 Å². The van der Waals surface area contributed by atoms with E-state index in [0.29, 0.717) is 10.8 Å². The van der Waals surface area contributed by atoms with Crippen molar-refractivity contribution in [2.75, 3.05) is 23.7 Å². The number of benzene rings is 3. The number of hydrogen-bond donors (Lipinski definition) is 1. The summed E-state index contributed by atoms with van der Waals surface area (Å²) in [6.45, 7) is 5.50. The third-order valence-electron chi connectivity index (χ3n) is 6.43. The van der Waals surface area contributed by atoms with Gasteiger partial charge in [-0.05, 0) is 41.7 Å². The van der Waals surface area contributed by atoms with Crippen molar-refractivity contribution in [1.82, 2.24) is 10.2 Å². The first-order valence-electron chi connectivity index (χ1n) is 12.9. The van der Waals surface area contributed by atoms with E-state index in [9.17, 15) is 26.8 Å². The van der Waals surface area contributed by atoms with Crippen LogP contribution in [0.3, 0.4) is 0 Å². The Balaban J connectivity index is 2.07. The Kier molecular flexibility index (Phi) is 10.4. The molecular formula is C30H35F2N3O4S. The number of nitrogens with zero attached hydrogens (tertiary/aromatic N) is 2. The van der Waals surface area contributed by atoms with Crippen LogP contribution in [0.4, 0.5) is 14.5 Å². The Labute approximate surface area is 234 Å². The molecule has 0 heterocycles. The molecule has 0 fully saturated rings. The van der Waals surface area contributed by atoms with E-state index in [-0.39, 0.29) is 30.5 Å². The topological polar surface area (TPSA) is 86.8 Å². The molecule has 0 saturated heterocycles. The first-order valence-corrected chi connectivity index (χ1v) is 14.8. The van der Waals surface area contributed by atoms with Gasteiger partial charge in [0.05, 0.1) is 11.9 Å². The van der Waals surface area contributed by atoms with Crippen molar-refractivity contribution in [2.45, 2.75) is 39.8 Å². The summed E-state index contributed by atoms with van der Waals surface area (Å²) in [5.74, 6) is -3.27. The zero-order valence-corrected chi connectivity index (χ0v) is 23.9. The van der Waals surface area contributed by atoms with Crippen molar-refractivity contribution in [3.63, 3.8) is 0 Å². The molecule has 214 valence electrons. The number of aryl methyl sites for hydroxylation is 1. The highest BCUT2D eigenvalue weighted by molar-refractivity contribution is 7.92. The normalized spacial score (nSPS) is 12.2. The molecule has 0 aliphatic carbocycles. The lowest BCUT2D eigenvalue weighted by molar-refractivity contribution is -0.140. The molecule has 1 N–H and O–H groups in total. The van der Waals surface area contributed by atoms with Crippen LogP contribution in [0, 0.1) is 24.5 Å². The molecule has 0 aliphatic rings. The minimum atomic E-state index is -4.09. The second kappa shape index (κ2) is 13.5. The van der Waals surface area contributed by atoms with E-state index < -0.39 is 40.2 Å². The molecule has 3 aromatic rings. The maximum atomic E-state index is 14.0. The van der Waals surface area contributed by atoms with Crippen molar-refractivity contribution in [3.8, 4) is 0 Å². The van der Waals surface area contributed by atoms with Crippen LogP contribution < -0.4 is 9.62 Å². The molecule has 40 heavy (non-hydrogen) atoms. The molecule has 7 nitrogen and oxygen atoms in total. The van der Waals surface area contributed by atoms with E-state index >= 15 is 0 Å². The number of carbonyl (C=O) groups is 2. The van der Waals surface area contributed by atoms with Crippen LogP contribution in [0.2, 0.25) is 0 Å². The van der Waals surface area contributed by atoms with Gasteiger partial charge in [0.25, 0.3) is 0 Å². The van der Waals surface area contributed by atoms with Gasteiger partial charge in [-0.15, -0.1) is 0 Å². The average Bonchev–Trinajstić information content (AvgIpc) is 2.90. The zero-order valence-electron chi connectivity index (χ0n) is 23.1. The van der Waals surface area contributed by atoms with Gasteiger partial charge in [0.2, 0.25) is 21.8 Å². The number of anilines is 1. The third-order valence-corrected chi connectivity index (χ3v) is 7.57. The zero-order chi connectivity index (χ0) is 29.4. The first kappa shape index (κ1) is 30.7. The Morgan fingerprint density at radius 2 is 1.57 bits per heavy atom. The minimum absolute atomic E-state index is 0.0352. The van der Waals surface area contributed by atoms with E-state index in [1.165, 1.54) is 4.90 Å². The van der Waals surface area contributed by atoms with Crippen LogP contribution >= 0.6 is 0 Å². The largest absolute Gasteiger partial charge is 0.354 e. The smallest absolute Gasteiger partial charge is 0.244 e. The predicted molar refractivity (Wildman–Crippen MR) is 152 cm³/mol. The lowest BCUT2D eigenvalue weighted by Gasteiger charge is -2.34. The fourth-order valence-corrected chi connectivity index (χ4v) is 5.04. The van der Waals surface area contributed by atoms with Gasteiger partial charge < -0.3 is 10.2 Å². The van der Waals surface area contributed by atoms with Crippen molar-refractivity contribution >= 4 is 27.5 Å². The van der Waals surface area contributed by atoms with Crippen LogP contribution in [0.5, 0.6) is 0 Å². The van der Waals surface area contributed by atoms with Crippen molar-refractivity contribution in [3.05, 3.63) is 101 Å². The number of halogens is 2. The molecule has 0 saturated carbocycles. The number of rotatable bonds is 12. The molecule has 2 amide bonds. The Bertz CT molecular complexity index is 1430. The third kappa shape index (κ3) is 8.35. The fourth-order valence-electron chi connectivity index (χ4n) is 4.20. The molecule has 0 aromatic heterocycles. The monoisotopic (exact) mass is 571 g/mol. The van der Waals surface area contributed by atoms with Crippen LogP contribution in [0.25, 0.3) is 0 Å². The maximum absolute atomic E-state index is 14.0. The summed E-state index contributed by atoms with van der Waals surface area (Å²) in [6, 6.07) is 18.3. The van der Waals surface area contributed by atoms with Gasteiger partial charge in [0.15, 0.2) is 11.6 Å². The molecular weight excluding hydrogens is 536 g/mol. The van der Waals surface area contributed by atoms with Gasteiger partial charge in [0, 0.05) is 25.6 Å². The maximum Gasteiger partial charge on any atom is 0.244 e. The Morgan fingerprint density at radius 1 is 0.925 bits per heavy atom. The number of amides is 2. The van der Waals surface area contributed by atoms with Gasteiger partial charge in [-0.3, -0.25) is 13.9 Å². The van der Waals surface area contributed by atoms with Crippen LogP contribution in [0.1, 0.15) is 30.5 Å². The quantitative estimate of drug-likeness (QED) is 0.348. The highest BCUT2D eigenvalue weighted by Crippen LogP contribution is 2.23. The average molecular weight is 572 g/mol. The van der Waals surface area contributed by atoms with Crippen molar-refractivity contribution < 1.29 is 26.8 Å². The van der Waals surface area contributed by atoms with E-state index in [0.717, 1.165) is 41.1 Å². The first-order chi connectivity index (χ1) is 18.9. The summed E-state index contributed by atoms with van der Waals surface area (Å²) in [5.41, 5.74) is 2.29. The van der Waals surface area contributed by atoms with Crippen molar-refractivity contribution in [1.29, 1.82) is 0 Å². The highest BCUT2D eigenvalue weighted by Gasteiger charge is 2.33. The van der Waals surface area contributed by atoms with Crippen LogP contribution in [-0.2, 0) is 32.6 Å². The van der Waals surface area contributed by atoms with Gasteiger partial charge in [-0.2, -0.15) is 0 Å². The summed E-state index contributed by atoms with van der Waals surface area (Å²) in [5, 5.41) is 2.91. The molecule has 1 atom stereocenters. The molecule has 0 unspecified atom stereocenters. The summed E-state index contributed by atoms with van der Waals surface area (Å²) in [4.78, 5) is 28.9. The minimum Gasteiger partial charge on any atom is -0.354 e. The van der Waals surface area contributed by atoms with Crippen molar-refractivity contribution in [2.24, 2.45) is 5.92 Å². The van der Waals surface area contributed by atoms with E-state index in [1.54, 1.807) is 0 Å². The van der Waals surface area contributed by atoms with Gasteiger partial charge in [-0.1, -0.05) is 68.4 Å². The second-order valence-electron chi connectivity index (χ2n) is 10.2. The molecule has 0 spiro atoms. The van der Waals surface area contributed by atoms with Gasteiger partial charge >= 0.3 is 0 Å². The SMILES string of the molecule is Cc1ccccc1CN(C(=O)CN(c1ccc(F)c(F)c1)S(C)(=O)=O)[C@H](Cc1ccccc1)C(=O)NCC(C)C. The molecule has 0 radical (unpaired) electrons. The molecule has 0 aliphatic heterocycles. The highest BCUT2D eigenvalue weighted by atomic mass is 32.2. The second-order valence-corrected chi connectivity index (χ2v) is 12.1. The summed E-state index contributed by atoms with van der Waals surface area (Å²) in [7, 11) is -4.09. The van der Waals surface area contributed by atoms with Crippen LogP contribution in [0.15, 0.2) is 72.8 Å². The molecule has 3 rings (SSSR count). The van der Waals surface area contributed by atoms with Gasteiger partial charge in [-0.25, -0.2) is 17.2 Å². The van der Waals surface area contributed by atoms with E-state index in [1.807, 2.05) is 75.4 Å². The Morgan fingerprint density at radius 3 is 2.17 bits per heavy atom. The lowest BCUT2D eigenvalue weighted by atomic mass is 10.0. The van der Waals surface area contributed by atoms with Crippen LogP contribution in [-0.4, -0.2) is 50.5 Å². The lowest BCUT2D eigenvalue weighted by Crippen LogP contribution is -2.53. The fraction of sp³-hybridized carbons (Fsp3) is 0.333. The number of sulfonamides is 1. The van der Waals surface area contributed by atoms with E-state index in [4.69, 9.17) is 0 Å².